The van der Waals surface area contributed by atoms with Crippen LogP contribution in [0, 0.1) is 13.8 Å². The number of benzene rings is 2. The van der Waals surface area contributed by atoms with E-state index in [0.29, 0.717) is 16.4 Å². The second-order valence-electron chi connectivity index (χ2n) is 7.46. The molecule has 0 saturated heterocycles. The summed E-state index contributed by atoms with van der Waals surface area (Å²) in [4.78, 5) is 56.6. The zero-order chi connectivity index (χ0) is 25.3. The number of nitrogens with one attached hydrogen (secondary N) is 2. The Morgan fingerprint density at radius 3 is 2.34 bits per heavy atom. The number of halogens is 1. The fourth-order valence-electron chi connectivity index (χ4n) is 3.33. The number of nitrogens with zero attached hydrogens (tertiary/aromatic N) is 2. The van der Waals surface area contributed by atoms with Crippen molar-refractivity contribution in [2.75, 3.05) is 22.6 Å². The van der Waals surface area contributed by atoms with Gasteiger partial charge in [0, 0.05) is 16.1 Å². The van der Waals surface area contributed by atoms with Crippen LogP contribution in [0.1, 0.15) is 31.3 Å². The van der Waals surface area contributed by atoms with E-state index in [9.17, 15) is 19.2 Å². The van der Waals surface area contributed by atoms with Gasteiger partial charge in [0.2, 0.25) is 0 Å². The normalized spacial score (nSPS) is 13.3. The Hall–Kier alpha value is -4.02. The molecule has 4 rings (SSSR count). The molecular formula is C24H19ClN4O5S. The number of para-hydroxylation sites is 1. The summed E-state index contributed by atoms with van der Waals surface area (Å²) in [6, 6.07) is 12.3. The molecule has 0 saturated carbocycles. The molecule has 0 radical (unpaired) electrons. The van der Waals surface area contributed by atoms with E-state index in [-0.39, 0.29) is 27.9 Å². The van der Waals surface area contributed by atoms with Gasteiger partial charge >= 0.3 is 5.97 Å². The number of carbonyl (C=O) groups excluding carboxylic acids is 4. The molecule has 1 aliphatic rings. The number of thiazole rings is 1. The van der Waals surface area contributed by atoms with Gasteiger partial charge < -0.3 is 10.1 Å². The first-order chi connectivity index (χ1) is 16.7. The molecule has 3 aromatic rings. The number of aromatic nitrogens is 1. The molecule has 1 aliphatic heterocycles. The van der Waals surface area contributed by atoms with E-state index in [4.69, 9.17) is 16.3 Å². The van der Waals surface area contributed by atoms with Crippen LogP contribution in [0.2, 0.25) is 0 Å². The van der Waals surface area contributed by atoms with Crippen molar-refractivity contribution < 1.29 is 23.9 Å². The van der Waals surface area contributed by atoms with Crippen molar-refractivity contribution in [1.29, 1.82) is 0 Å². The third kappa shape index (κ3) is 4.66. The summed E-state index contributed by atoms with van der Waals surface area (Å²) in [5, 5.41) is 5.77. The van der Waals surface area contributed by atoms with Gasteiger partial charge in [-0.3, -0.25) is 19.7 Å². The van der Waals surface area contributed by atoms with Crippen molar-refractivity contribution in [3.05, 3.63) is 81.0 Å². The van der Waals surface area contributed by atoms with E-state index in [1.54, 1.807) is 36.4 Å². The van der Waals surface area contributed by atoms with Gasteiger partial charge in [-0.1, -0.05) is 23.7 Å². The minimum Gasteiger partial charge on any atom is -0.465 e. The molecule has 178 valence electrons. The third-order valence-corrected chi connectivity index (χ3v) is 6.58. The standard InChI is InChI=1S/C24H19ClN4O5S/c1-12-13(2)35-24(26-12)28-20(30)14-8-10-15(11-9-14)27-19-18(25)21(31)29(22(19)32)17-7-5-4-6-16(17)23(33)34-3/h4-11,27H,1-3H3,(H,26,28,30). The van der Waals surface area contributed by atoms with E-state index in [1.807, 2.05) is 13.8 Å². The second kappa shape index (κ2) is 9.69. The predicted octanol–water partition coefficient (Wildman–Crippen LogP) is 4.23. The summed E-state index contributed by atoms with van der Waals surface area (Å²) in [5.41, 5.74) is 1.62. The van der Waals surface area contributed by atoms with Crippen molar-refractivity contribution in [2.24, 2.45) is 0 Å². The fourth-order valence-corrected chi connectivity index (χ4v) is 4.35. The Morgan fingerprint density at radius 2 is 1.71 bits per heavy atom. The first kappa shape index (κ1) is 24.1. The van der Waals surface area contributed by atoms with Crippen LogP contribution in [0.5, 0.6) is 0 Å². The Morgan fingerprint density at radius 1 is 1.03 bits per heavy atom. The maximum atomic E-state index is 13.1. The lowest BCUT2D eigenvalue weighted by Gasteiger charge is -2.17. The van der Waals surface area contributed by atoms with Crippen LogP contribution in [0.25, 0.3) is 0 Å². The van der Waals surface area contributed by atoms with Gasteiger partial charge in [-0.15, -0.1) is 11.3 Å². The summed E-state index contributed by atoms with van der Waals surface area (Å²) >= 11 is 7.58. The number of aryl methyl sites for hydroxylation is 2. The van der Waals surface area contributed by atoms with Crippen molar-refractivity contribution in [2.45, 2.75) is 13.8 Å². The Labute approximate surface area is 209 Å². The van der Waals surface area contributed by atoms with Crippen LogP contribution >= 0.6 is 22.9 Å². The van der Waals surface area contributed by atoms with Crippen molar-refractivity contribution in [3.8, 4) is 0 Å². The maximum Gasteiger partial charge on any atom is 0.339 e. The second-order valence-corrected chi connectivity index (χ2v) is 9.04. The number of carbonyl (C=O) groups is 4. The first-order valence-corrected chi connectivity index (χ1v) is 11.5. The van der Waals surface area contributed by atoms with Crippen LogP contribution in [0.3, 0.4) is 0 Å². The minimum absolute atomic E-state index is 0.0448. The number of esters is 1. The Bertz CT molecular complexity index is 1380. The van der Waals surface area contributed by atoms with Crippen molar-refractivity contribution in [3.63, 3.8) is 0 Å². The van der Waals surface area contributed by atoms with Gasteiger partial charge in [-0.05, 0) is 50.2 Å². The molecule has 1 aromatic heterocycles. The lowest BCUT2D eigenvalue weighted by atomic mass is 10.1. The lowest BCUT2D eigenvalue weighted by molar-refractivity contribution is -0.120. The number of hydrogen-bond donors (Lipinski definition) is 2. The number of imide groups is 1. The molecule has 9 nitrogen and oxygen atoms in total. The van der Waals surface area contributed by atoms with Gasteiger partial charge in [0.05, 0.1) is 24.1 Å². The van der Waals surface area contributed by atoms with E-state index in [2.05, 4.69) is 15.6 Å². The molecule has 0 fully saturated rings. The Kier molecular flexibility index (Phi) is 6.68. The van der Waals surface area contributed by atoms with Crippen molar-refractivity contribution >= 4 is 63.1 Å². The topological polar surface area (TPSA) is 118 Å². The van der Waals surface area contributed by atoms with E-state index < -0.39 is 17.8 Å². The lowest BCUT2D eigenvalue weighted by Crippen LogP contribution is -2.33. The fraction of sp³-hybridized carbons (Fsp3) is 0.125. The summed E-state index contributed by atoms with van der Waals surface area (Å²) in [5.74, 6) is -2.54. The number of rotatable bonds is 6. The molecule has 0 spiro atoms. The number of hydrogen-bond acceptors (Lipinski definition) is 8. The van der Waals surface area contributed by atoms with Crippen molar-refractivity contribution in [1.82, 2.24) is 4.98 Å². The van der Waals surface area contributed by atoms with Gasteiger partial charge in [0.1, 0.15) is 10.7 Å². The smallest absolute Gasteiger partial charge is 0.339 e. The number of ether oxygens (including phenoxy) is 1. The van der Waals surface area contributed by atoms with Gasteiger partial charge in [0.15, 0.2) is 5.13 Å². The highest BCUT2D eigenvalue weighted by atomic mass is 35.5. The third-order valence-electron chi connectivity index (χ3n) is 5.24. The van der Waals surface area contributed by atoms with Gasteiger partial charge in [-0.2, -0.15) is 0 Å². The monoisotopic (exact) mass is 510 g/mol. The minimum atomic E-state index is -0.777. The van der Waals surface area contributed by atoms with Gasteiger partial charge in [0.25, 0.3) is 17.7 Å². The highest BCUT2D eigenvalue weighted by molar-refractivity contribution is 7.15. The molecule has 0 aliphatic carbocycles. The summed E-state index contributed by atoms with van der Waals surface area (Å²) in [6.07, 6.45) is 0. The number of amides is 3. The highest BCUT2D eigenvalue weighted by Crippen LogP contribution is 2.32. The van der Waals surface area contributed by atoms with Crippen LogP contribution in [0.4, 0.5) is 16.5 Å². The van der Waals surface area contributed by atoms with Crippen LogP contribution < -0.4 is 15.5 Å². The Balaban J connectivity index is 1.52. The zero-order valence-electron chi connectivity index (χ0n) is 18.8. The van der Waals surface area contributed by atoms with Crippen LogP contribution in [-0.4, -0.2) is 35.8 Å². The molecule has 2 N–H and O–H groups in total. The van der Waals surface area contributed by atoms with E-state index in [0.717, 1.165) is 15.5 Å². The van der Waals surface area contributed by atoms with Crippen LogP contribution in [0.15, 0.2) is 59.3 Å². The first-order valence-electron chi connectivity index (χ1n) is 10.3. The molecule has 2 heterocycles. The van der Waals surface area contributed by atoms with Gasteiger partial charge in [-0.25, -0.2) is 14.7 Å². The average molecular weight is 511 g/mol. The number of anilines is 3. The molecule has 0 atom stereocenters. The molecule has 0 unspecified atom stereocenters. The average Bonchev–Trinajstić information content (AvgIpc) is 3.28. The highest BCUT2D eigenvalue weighted by Gasteiger charge is 2.40. The molecular weight excluding hydrogens is 492 g/mol. The number of methoxy groups -OCH3 is 1. The predicted molar refractivity (Wildman–Crippen MR) is 133 cm³/mol. The van der Waals surface area contributed by atoms with E-state index in [1.165, 1.54) is 30.6 Å². The van der Waals surface area contributed by atoms with Crippen LogP contribution in [-0.2, 0) is 14.3 Å². The molecule has 0 bridgehead atoms. The quantitative estimate of drug-likeness (QED) is 0.376. The zero-order valence-corrected chi connectivity index (χ0v) is 20.4. The SMILES string of the molecule is COC(=O)c1ccccc1N1C(=O)C(Cl)=C(Nc2ccc(C(=O)Nc3nc(C)c(C)s3)cc2)C1=O. The maximum absolute atomic E-state index is 13.1. The molecule has 35 heavy (non-hydrogen) atoms. The summed E-state index contributed by atoms with van der Waals surface area (Å²) in [6.45, 7) is 3.79. The molecule has 3 amide bonds. The molecule has 11 heteroatoms. The largest absolute Gasteiger partial charge is 0.465 e. The molecule has 2 aromatic carbocycles. The van der Waals surface area contributed by atoms with E-state index >= 15 is 0 Å². The summed E-state index contributed by atoms with van der Waals surface area (Å²) in [7, 11) is 1.20. The summed E-state index contributed by atoms with van der Waals surface area (Å²) < 4.78 is 4.74.